The lowest BCUT2D eigenvalue weighted by atomic mass is 10.0. The molecule has 5 nitrogen and oxygen atoms in total. The van der Waals surface area contributed by atoms with E-state index in [1.165, 1.54) is 0 Å². The third-order valence-electron chi connectivity index (χ3n) is 3.13. The Labute approximate surface area is 115 Å². The molecule has 0 radical (unpaired) electrons. The van der Waals surface area contributed by atoms with Crippen molar-refractivity contribution in [2.75, 3.05) is 0 Å². The lowest BCUT2D eigenvalue weighted by molar-refractivity contribution is -0.146. The van der Waals surface area contributed by atoms with Crippen molar-refractivity contribution in [1.29, 1.82) is 0 Å². The first-order chi connectivity index (χ1) is 9.73. The predicted molar refractivity (Wildman–Crippen MR) is 70.4 cm³/mol. The van der Waals surface area contributed by atoms with E-state index in [0.717, 1.165) is 0 Å². The van der Waals surface area contributed by atoms with Gasteiger partial charge in [0.05, 0.1) is 0 Å². The molecular formula is C15H13NO4. The molecule has 0 bridgehead atoms. The molecule has 2 aromatic carbocycles. The van der Waals surface area contributed by atoms with Gasteiger partial charge in [0, 0.05) is 5.56 Å². The van der Waals surface area contributed by atoms with Crippen LogP contribution in [-0.4, -0.2) is 11.1 Å². The molecule has 0 unspecified atom stereocenters. The number of hydrogen-bond donors (Lipinski definition) is 2. The Kier molecular flexibility index (Phi) is 3.04. The molecule has 1 aliphatic rings. The minimum absolute atomic E-state index is 0.151. The quantitative estimate of drug-likeness (QED) is 0.663. The van der Waals surface area contributed by atoms with Gasteiger partial charge < -0.3 is 9.47 Å². The minimum atomic E-state index is -1.25. The number of nitrogens with one attached hydrogen (secondary N) is 1. The van der Waals surface area contributed by atoms with E-state index < -0.39 is 11.7 Å². The Morgan fingerprint density at radius 1 is 1.00 bits per heavy atom. The molecule has 1 aliphatic heterocycles. The summed E-state index contributed by atoms with van der Waals surface area (Å²) in [7, 11) is 0. The summed E-state index contributed by atoms with van der Waals surface area (Å²) in [4.78, 5) is 11.6. The van der Waals surface area contributed by atoms with E-state index in [9.17, 15) is 4.79 Å². The number of para-hydroxylation sites is 2. The van der Waals surface area contributed by atoms with Crippen molar-refractivity contribution in [1.82, 2.24) is 5.48 Å². The van der Waals surface area contributed by atoms with Crippen LogP contribution in [0.4, 0.5) is 0 Å². The number of carbonyl (C=O) groups is 1. The zero-order valence-electron chi connectivity index (χ0n) is 10.6. The van der Waals surface area contributed by atoms with Gasteiger partial charge in [-0.2, -0.15) is 0 Å². The number of rotatable bonds is 3. The van der Waals surface area contributed by atoms with Crippen molar-refractivity contribution in [3.05, 3.63) is 60.2 Å². The van der Waals surface area contributed by atoms with E-state index >= 15 is 0 Å². The fourth-order valence-corrected chi connectivity index (χ4v) is 2.23. The third-order valence-corrected chi connectivity index (χ3v) is 3.13. The molecule has 0 fully saturated rings. The molecule has 0 spiro atoms. The first-order valence-corrected chi connectivity index (χ1v) is 6.19. The molecule has 0 atom stereocenters. The molecule has 3 rings (SSSR count). The lowest BCUT2D eigenvalue weighted by Gasteiger charge is -2.27. The monoisotopic (exact) mass is 271 g/mol. The number of benzene rings is 2. The summed E-state index contributed by atoms with van der Waals surface area (Å²) in [5.41, 5.74) is 2.32. The number of carbonyl (C=O) groups excluding carboxylic acids is 1. The highest BCUT2D eigenvalue weighted by atomic mass is 16.7. The van der Waals surface area contributed by atoms with Crippen LogP contribution in [0.25, 0.3) is 0 Å². The second-order valence-electron chi connectivity index (χ2n) is 4.48. The molecule has 2 N–H and O–H groups in total. The topological polar surface area (TPSA) is 67.8 Å². The third kappa shape index (κ3) is 2.08. The van der Waals surface area contributed by atoms with Crippen LogP contribution in [0.2, 0.25) is 0 Å². The summed E-state index contributed by atoms with van der Waals surface area (Å²) in [6.07, 6.45) is -0.151. The van der Waals surface area contributed by atoms with Gasteiger partial charge in [-0.25, -0.2) is 5.48 Å². The zero-order valence-corrected chi connectivity index (χ0v) is 10.6. The number of hydroxylamine groups is 1. The highest BCUT2D eigenvalue weighted by Gasteiger charge is 2.45. The largest absolute Gasteiger partial charge is 0.444 e. The molecule has 0 aliphatic carbocycles. The molecule has 1 heterocycles. The number of fused-ring (bicyclic) bond motifs is 1. The van der Waals surface area contributed by atoms with Crippen LogP contribution in [0, 0.1) is 0 Å². The average molecular weight is 271 g/mol. The van der Waals surface area contributed by atoms with Gasteiger partial charge in [0.15, 0.2) is 11.5 Å². The van der Waals surface area contributed by atoms with E-state index in [-0.39, 0.29) is 6.42 Å². The summed E-state index contributed by atoms with van der Waals surface area (Å²) in [5.74, 6) is -0.691. The summed E-state index contributed by atoms with van der Waals surface area (Å²) in [6.45, 7) is 0. The van der Waals surface area contributed by atoms with Crippen molar-refractivity contribution >= 4 is 5.91 Å². The first kappa shape index (κ1) is 12.5. The van der Waals surface area contributed by atoms with Gasteiger partial charge >= 0.3 is 0 Å². The van der Waals surface area contributed by atoms with E-state index in [4.69, 9.17) is 14.7 Å². The molecule has 20 heavy (non-hydrogen) atoms. The second-order valence-corrected chi connectivity index (χ2v) is 4.48. The van der Waals surface area contributed by atoms with Crippen LogP contribution < -0.4 is 15.0 Å². The maximum absolute atomic E-state index is 11.6. The van der Waals surface area contributed by atoms with Crippen LogP contribution in [-0.2, 0) is 10.6 Å². The summed E-state index contributed by atoms with van der Waals surface area (Å²) >= 11 is 0. The normalized spacial score (nSPS) is 14.8. The molecule has 0 saturated carbocycles. The van der Waals surface area contributed by atoms with Crippen molar-refractivity contribution in [2.24, 2.45) is 0 Å². The molecule has 1 amide bonds. The molecule has 102 valence electrons. The van der Waals surface area contributed by atoms with Gasteiger partial charge in [0.1, 0.15) is 6.42 Å². The van der Waals surface area contributed by atoms with Gasteiger partial charge in [-0.15, -0.1) is 0 Å². The Bertz CT molecular complexity index is 602. The fraction of sp³-hybridized carbons (Fsp3) is 0.133. The summed E-state index contributed by atoms with van der Waals surface area (Å²) in [5, 5.41) is 8.76. The Morgan fingerprint density at radius 3 is 2.10 bits per heavy atom. The van der Waals surface area contributed by atoms with Crippen molar-refractivity contribution < 1.29 is 19.5 Å². The molecule has 2 aromatic rings. The van der Waals surface area contributed by atoms with Gasteiger partial charge in [-0.3, -0.25) is 10.0 Å². The van der Waals surface area contributed by atoms with E-state index in [2.05, 4.69) is 0 Å². The predicted octanol–water partition coefficient (Wildman–Crippen LogP) is 2.21. The number of hydrogen-bond acceptors (Lipinski definition) is 4. The Morgan fingerprint density at radius 2 is 1.55 bits per heavy atom. The second kappa shape index (κ2) is 4.86. The first-order valence-electron chi connectivity index (χ1n) is 6.19. The van der Waals surface area contributed by atoms with E-state index in [1.807, 2.05) is 42.5 Å². The van der Waals surface area contributed by atoms with Gasteiger partial charge in [-0.05, 0) is 12.1 Å². The van der Waals surface area contributed by atoms with Crippen LogP contribution in [0.5, 0.6) is 11.5 Å². The summed E-state index contributed by atoms with van der Waals surface area (Å²) in [6, 6.07) is 16.4. The number of amides is 1. The van der Waals surface area contributed by atoms with Gasteiger partial charge in [0.25, 0.3) is 11.7 Å². The lowest BCUT2D eigenvalue weighted by Crippen LogP contribution is -2.40. The van der Waals surface area contributed by atoms with E-state index in [1.54, 1.807) is 17.6 Å². The molecule has 0 saturated heterocycles. The zero-order chi connectivity index (χ0) is 14.0. The van der Waals surface area contributed by atoms with Gasteiger partial charge in [0.2, 0.25) is 0 Å². The van der Waals surface area contributed by atoms with Crippen molar-refractivity contribution in [2.45, 2.75) is 12.2 Å². The molecular weight excluding hydrogens is 258 g/mol. The summed E-state index contributed by atoms with van der Waals surface area (Å²) < 4.78 is 11.7. The van der Waals surface area contributed by atoms with Crippen molar-refractivity contribution in [3.8, 4) is 11.5 Å². The van der Waals surface area contributed by atoms with Crippen LogP contribution in [0.15, 0.2) is 54.6 Å². The highest BCUT2D eigenvalue weighted by Crippen LogP contribution is 2.45. The maximum Gasteiger partial charge on any atom is 0.287 e. The highest BCUT2D eigenvalue weighted by molar-refractivity contribution is 5.76. The van der Waals surface area contributed by atoms with Crippen molar-refractivity contribution in [3.63, 3.8) is 0 Å². The molecule has 5 heteroatoms. The van der Waals surface area contributed by atoms with Gasteiger partial charge in [-0.1, -0.05) is 42.5 Å². The van der Waals surface area contributed by atoms with E-state index in [0.29, 0.717) is 17.1 Å². The SMILES string of the molecule is O=C(CC1(c2ccccc2)Oc2ccccc2O1)NO. The van der Waals surface area contributed by atoms with Crippen LogP contribution in [0.3, 0.4) is 0 Å². The fourth-order valence-electron chi connectivity index (χ4n) is 2.23. The Hall–Kier alpha value is -2.53. The Balaban J connectivity index is 2.01. The molecule has 0 aromatic heterocycles. The standard InChI is InChI=1S/C15H13NO4/c17-14(16-18)10-15(11-6-2-1-3-7-11)19-12-8-4-5-9-13(12)20-15/h1-9,18H,10H2,(H,16,17). The number of ether oxygens (including phenoxy) is 2. The van der Waals surface area contributed by atoms with Crippen LogP contribution >= 0.6 is 0 Å². The average Bonchev–Trinajstić information content (AvgIpc) is 2.87. The minimum Gasteiger partial charge on any atom is -0.444 e. The smallest absolute Gasteiger partial charge is 0.287 e. The maximum atomic E-state index is 11.6. The van der Waals surface area contributed by atoms with Crippen LogP contribution in [0.1, 0.15) is 12.0 Å².